The Morgan fingerprint density at radius 1 is 1.16 bits per heavy atom. The zero-order valence-corrected chi connectivity index (χ0v) is 14.1. The van der Waals surface area contributed by atoms with Crippen molar-refractivity contribution in [1.82, 2.24) is 0 Å². The van der Waals surface area contributed by atoms with Crippen molar-refractivity contribution in [3.63, 3.8) is 0 Å². The fourth-order valence-corrected chi connectivity index (χ4v) is 2.00. The molecule has 0 saturated carbocycles. The quantitative estimate of drug-likeness (QED) is 0.219. The molecule has 0 aromatic heterocycles. The minimum absolute atomic E-state index is 0.0896. The van der Waals surface area contributed by atoms with E-state index in [0.717, 1.165) is 11.4 Å². The number of allylic oxidation sites excluding steroid dienone is 3. The van der Waals surface area contributed by atoms with Crippen LogP contribution in [0.2, 0.25) is 0 Å². The number of phosphoric acid groups is 1. The first-order chi connectivity index (χ1) is 11.5. The van der Waals surface area contributed by atoms with Crippen LogP contribution in [0.15, 0.2) is 48.2 Å². The summed E-state index contributed by atoms with van der Waals surface area (Å²) in [5, 5.41) is 3.10. The summed E-state index contributed by atoms with van der Waals surface area (Å²) >= 11 is 0. The van der Waals surface area contributed by atoms with Crippen molar-refractivity contribution < 1.29 is 41.2 Å². The smallest absolute Gasteiger partial charge is 0.404 e. The van der Waals surface area contributed by atoms with E-state index < -0.39 is 18.2 Å². The lowest BCUT2D eigenvalue weighted by molar-refractivity contribution is -0.00541. The molecule has 0 unspecified atom stereocenters. The molecular weight excluding hydrogens is 377 g/mol. The van der Waals surface area contributed by atoms with Crippen LogP contribution in [0.25, 0.3) is 5.53 Å². The highest BCUT2D eigenvalue weighted by atomic mass is 32.3. The van der Waals surface area contributed by atoms with Crippen molar-refractivity contribution >= 4 is 29.6 Å². The van der Waals surface area contributed by atoms with Gasteiger partial charge in [-0.25, -0.2) is 4.57 Å². The molecule has 0 radical (unpaired) electrons. The minimum atomic E-state index is -4.67. The molecule has 0 saturated heterocycles. The van der Waals surface area contributed by atoms with E-state index in [9.17, 15) is 4.57 Å². The summed E-state index contributed by atoms with van der Waals surface area (Å²) in [5.74, 6) is 0.0896. The molecule has 0 amide bonds. The Labute approximate surface area is 142 Å². The highest BCUT2D eigenvalue weighted by Crippen LogP contribution is 2.37. The van der Waals surface area contributed by atoms with E-state index in [1.807, 2.05) is 6.08 Å². The zero-order chi connectivity index (χ0) is 19.1. The molecule has 1 aliphatic carbocycles. The Hall–Kier alpha value is -2.30. The topological polar surface area (TPSA) is 190 Å². The Morgan fingerprint density at radius 2 is 1.72 bits per heavy atom. The lowest BCUT2D eigenvalue weighted by Crippen LogP contribution is -2.04. The average Bonchev–Trinajstić information content (AvgIpc) is 2.47. The molecule has 0 bridgehead atoms. The van der Waals surface area contributed by atoms with Gasteiger partial charge < -0.3 is 15.4 Å². The number of rotatable bonds is 4. The Balaban J connectivity index is 0.000000550. The van der Waals surface area contributed by atoms with E-state index in [1.54, 1.807) is 24.3 Å². The van der Waals surface area contributed by atoms with E-state index >= 15 is 0 Å². The third-order valence-corrected chi connectivity index (χ3v) is 2.93. The molecule has 25 heavy (non-hydrogen) atoms. The number of benzene rings is 1. The summed E-state index contributed by atoms with van der Waals surface area (Å²) in [6, 6.07) is 6.18. The predicted octanol–water partition coefficient (Wildman–Crippen LogP) is 1.43. The number of phosphoric ester groups is 1. The van der Waals surface area contributed by atoms with Gasteiger partial charge in [0.05, 0.1) is 6.42 Å². The number of hydrogen-bond acceptors (Lipinski definition) is 5. The number of nitrogens with zero attached hydrogens (tertiary/aromatic N) is 2. The lowest BCUT2D eigenvalue weighted by atomic mass is 10.1. The van der Waals surface area contributed by atoms with Gasteiger partial charge in [0.15, 0.2) is 0 Å². The van der Waals surface area contributed by atoms with Gasteiger partial charge in [0.1, 0.15) is 5.75 Å². The van der Waals surface area contributed by atoms with Gasteiger partial charge in [-0.05, 0) is 36.4 Å². The summed E-state index contributed by atoms with van der Waals surface area (Å²) in [6.45, 7) is 0. The van der Waals surface area contributed by atoms with Crippen molar-refractivity contribution in [3.05, 3.63) is 53.7 Å². The average molecular weight is 391 g/mol. The molecule has 0 fully saturated rings. The summed E-state index contributed by atoms with van der Waals surface area (Å²) in [4.78, 5) is 20.4. The maximum Gasteiger partial charge on any atom is 0.524 e. The largest absolute Gasteiger partial charge is 0.524 e. The molecule has 1 aromatic carbocycles. The highest BCUT2D eigenvalue weighted by molar-refractivity contribution is 7.79. The Kier molecular flexibility index (Phi) is 7.22. The van der Waals surface area contributed by atoms with Crippen LogP contribution in [0, 0.1) is 0 Å². The fourth-order valence-electron chi connectivity index (χ4n) is 1.61. The van der Waals surface area contributed by atoms with Crippen LogP contribution < -0.4 is 9.84 Å². The number of hydrogen-bond donors (Lipinski definition) is 5. The maximum atomic E-state index is 10.7. The molecule has 1 aliphatic rings. The molecule has 0 spiro atoms. The lowest BCUT2D eigenvalue weighted by Gasteiger charge is -2.10. The molecule has 1 aromatic rings. The normalized spacial score (nSPS) is 13.9. The Morgan fingerprint density at radius 3 is 2.12 bits per heavy atom. The molecule has 136 valence electrons. The van der Waals surface area contributed by atoms with Crippen LogP contribution in [0.3, 0.4) is 0 Å². The highest BCUT2D eigenvalue weighted by Gasteiger charge is 2.15. The van der Waals surface area contributed by atoms with Crippen molar-refractivity contribution in [3.8, 4) is 5.75 Å². The molecular formula is C12H14N3O8PS. The Bertz CT molecular complexity index is 858. The van der Waals surface area contributed by atoms with Gasteiger partial charge in [-0.1, -0.05) is 0 Å². The van der Waals surface area contributed by atoms with E-state index in [-0.39, 0.29) is 5.75 Å². The van der Waals surface area contributed by atoms with Gasteiger partial charge in [-0.2, -0.15) is 13.2 Å². The van der Waals surface area contributed by atoms with E-state index in [0.29, 0.717) is 12.1 Å². The standard InChI is InChI=1S/C12H12N3O4P.H2O4S/c13-15-11-3-1-9(2-4-11)14-10-5-7-12(8-6-10)19-20(16,17)18;1-5(2,3)4/h1-3,5-8,14H,4H2,(H2,16,17,18);(H2,1,2,3,4). The van der Waals surface area contributed by atoms with Crippen LogP contribution in [0.1, 0.15) is 6.42 Å². The molecule has 0 aliphatic heterocycles. The van der Waals surface area contributed by atoms with Gasteiger partial charge in [0.25, 0.3) is 5.71 Å². The molecule has 5 N–H and O–H groups in total. The second-order valence-electron chi connectivity index (χ2n) is 4.47. The molecule has 0 heterocycles. The van der Waals surface area contributed by atoms with E-state index in [2.05, 4.69) is 14.6 Å². The van der Waals surface area contributed by atoms with Gasteiger partial charge in [-0.3, -0.25) is 18.9 Å². The monoisotopic (exact) mass is 391 g/mol. The first-order valence-corrected chi connectivity index (χ1v) is 9.30. The van der Waals surface area contributed by atoms with Crippen molar-refractivity contribution in [2.24, 2.45) is 0 Å². The SMILES string of the molecule is O=S(=O)(O)O.[N-]=[N+]=C1C=CC(Nc2ccc(OP(=O)(O)O)cc2)=CC1. The third kappa shape index (κ3) is 10.2. The summed E-state index contributed by atoms with van der Waals surface area (Å²) in [6.07, 6.45) is 5.83. The van der Waals surface area contributed by atoms with E-state index in [1.165, 1.54) is 12.1 Å². The van der Waals surface area contributed by atoms with Crippen molar-refractivity contribution in [2.45, 2.75) is 6.42 Å². The first kappa shape index (κ1) is 20.7. The van der Waals surface area contributed by atoms with E-state index in [4.69, 9.17) is 32.8 Å². The number of nitrogens with one attached hydrogen (secondary N) is 1. The fraction of sp³-hybridized carbons (Fsp3) is 0.0833. The van der Waals surface area contributed by atoms with Crippen LogP contribution in [0.4, 0.5) is 5.69 Å². The van der Waals surface area contributed by atoms with Crippen LogP contribution in [-0.2, 0) is 15.0 Å². The zero-order valence-electron chi connectivity index (χ0n) is 12.4. The van der Waals surface area contributed by atoms with Crippen molar-refractivity contribution in [2.75, 3.05) is 5.32 Å². The summed E-state index contributed by atoms with van der Waals surface area (Å²) < 4.78 is 46.7. The second-order valence-corrected chi connectivity index (χ2v) is 6.53. The van der Waals surface area contributed by atoms with Gasteiger partial charge in [-0.15, -0.1) is 0 Å². The number of anilines is 1. The van der Waals surface area contributed by atoms with Gasteiger partial charge in [0.2, 0.25) is 0 Å². The van der Waals surface area contributed by atoms with Gasteiger partial charge >= 0.3 is 18.2 Å². The van der Waals surface area contributed by atoms with Crippen LogP contribution in [-0.4, -0.2) is 37.8 Å². The maximum absolute atomic E-state index is 10.7. The molecule has 11 nitrogen and oxygen atoms in total. The second kappa shape index (κ2) is 8.70. The molecule has 13 heteroatoms. The van der Waals surface area contributed by atoms with Crippen LogP contribution in [0.5, 0.6) is 5.75 Å². The summed E-state index contributed by atoms with van der Waals surface area (Å²) in [7, 11) is -9.19. The molecule has 0 atom stereocenters. The predicted molar refractivity (Wildman–Crippen MR) is 87.4 cm³/mol. The van der Waals surface area contributed by atoms with Crippen molar-refractivity contribution in [1.29, 1.82) is 0 Å². The summed E-state index contributed by atoms with van der Waals surface area (Å²) in [5.41, 5.74) is 10.7. The van der Waals surface area contributed by atoms with Gasteiger partial charge in [0, 0.05) is 17.5 Å². The molecule has 2 rings (SSSR count). The first-order valence-electron chi connectivity index (χ1n) is 6.37. The van der Waals surface area contributed by atoms with Crippen LogP contribution >= 0.6 is 7.82 Å². The third-order valence-electron chi connectivity index (χ3n) is 2.48. The minimum Gasteiger partial charge on any atom is -0.404 e.